The predicted molar refractivity (Wildman–Crippen MR) is 95.4 cm³/mol. The van der Waals surface area contributed by atoms with Gasteiger partial charge in [-0.1, -0.05) is 53.7 Å². The predicted octanol–water partition coefficient (Wildman–Crippen LogP) is 4.72. The van der Waals surface area contributed by atoms with Gasteiger partial charge >= 0.3 is 6.01 Å². The lowest BCUT2D eigenvalue weighted by molar-refractivity contribution is 0.481. The number of aliphatic imine (C=N–C) groups is 1. The number of aromatic nitrogens is 1. The highest BCUT2D eigenvalue weighted by molar-refractivity contribution is 8.15. The normalized spacial score (nSPS) is 16.0. The van der Waals surface area contributed by atoms with Crippen molar-refractivity contribution in [1.29, 1.82) is 0 Å². The fourth-order valence-electron chi connectivity index (χ4n) is 2.40. The molecule has 0 atom stereocenters. The lowest BCUT2D eigenvalue weighted by Crippen LogP contribution is -2.39. The third kappa shape index (κ3) is 3.21. The number of hydrogen-bond acceptors (Lipinski definition) is 4. The molecule has 1 aromatic heterocycles. The molecule has 116 valence electrons. The van der Waals surface area contributed by atoms with E-state index in [1.807, 2.05) is 12.1 Å². The SMILES string of the molecule is Clc1ccc2oc(/N=C3\SCN3CCc3ccccc3)nc2c1. The number of oxazole rings is 1. The van der Waals surface area contributed by atoms with Gasteiger partial charge in [-0.25, -0.2) is 0 Å². The van der Waals surface area contributed by atoms with Gasteiger partial charge in [-0.3, -0.25) is 0 Å². The Morgan fingerprint density at radius 1 is 1.22 bits per heavy atom. The molecule has 1 aliphatic heterocycles. The van der Waals surface area contributed by atoms with Crippen LogP contribution in [0.3, 0.4) is 0 Å². The summed E-state index contributed by atoms with van der Waals surface area (Å²) in [6.07, 6.45) is 1.00. The summed E-state index contributed by atoms with van der Waals surface area (Å²) < 4.78 is 5.64. The molecule has 1 fully saturated rings. The molecule has 0 amide bonds. The van der Waals surface area contributed by atoms with E-state index >= 15 is 0 Å². The van der Waals surface area contributed by atoms with Crippen molar-refractivity contribution in [3.05, 3.63) is 59.1 Å². The quantitative estimate of drug-likeness (QED) is 0.687. The molecule has 0 unspecified atom stereocenters. The molecule has 23 heavy (non-hydrogen) atoms. The van der Waals surface area contributed by atoms with Crippen molar-refractivity contribution in [3.63, 3.8) is 0 Å². The lowest BCUT2D eigenvalue weighted by atomic mass is 10.1. The van der Waals surface area contributed by atoms with E-state index in [4.69, 9.17) is 16.0 Å². The Labute approximate surface area is 143 Å². The Hall–Kier alpha value is -1.98. The lowest BCUT2D eigenvalue weighted by Gasteiger charge is -2.33. The average molecular weight is 344 g/mol. The van der Waals surface area contributed by atoms with E-state index in [1.165, 1.54) is 5.56 Å². The smallest absolute Gasteiger partial charge is 0.325 e. The van der Waals surface area contributed by atoms with Crippen LogP contribution in [-0.4, -0.2) is 27.5 Å². The first-order valence-corrected chi connectivity index (χ1v) is 8.71. The summed E-state index contributed by atoms with van der Waals surface area (Å²) in [6.45, 7) is 0.946. The molecule has 1 aliphatic rings. The second-order valence-electron chi connectivity index (χ2n) is 5.28. The van der Waals surface area contributed by atoms with Crippen molar-refractivity contribution >= 4 is 45.6 Å². The second kappa shape index (κ2) is 6.26. The first kappa shape index (κ1) is 14.6. The van der Waals surface area contributed by atoms with Crippen molar-refractivity contribution in [3.8, 4) is 0 Å². The molecule has 1 saturated heterocycles. The van der Waals surface area contributed by atoms with E-state index in [-0.39, 0.29) is 0 Å². The van der Waals surface area contributed by atoms with Crippen LogP contribution in [0.4, 0.5) is 6.01 Å². The Bertz CT molecular complexity index is 863. The van der Waals surface area contributed by atoms with Crippen LogP contribution in [-0.2, 0) is 6.42 Å². The van der Waals surface area contributed by atoms with E-state index in [0.717, 1.165) is 29.5 Å². The third-order valence-corrected chi connectivity index (χ3v) is 4.95. The summed E-state index contributed by atoms with van der Waals surface area (Å²) in [5.74, 6) is 0.956. The van der Waals surface area contributed by atoms with Crippen LogP contribution in [0.1, 0.15) is 5.56 Å². The van der Waals surface area contributed by atoms with Gasteiger partial charge in [0.1, 0.15) is 5.52 Å². The maximum atomic E-state index is 5.96. The minimum absolute atomic E-state index is 0.383. The van der Waals surface area contributed by atoms with Crippen LogP contribution in [0, 0.1) is 0 Å². The van der Waals surface area contributed by atoms with Crippen LogP contribution in [0.15, 0.2) is 57.9 Å². The summed E-state index contributed by atoms with van der Waals surface area (Å²) >= 11 is 7.67. The third-order valence-electron chi connectivity index (χ3n) is 3.66. The average Bonchev–Trinajstić information content (AvgIpc) is 2.94. The molecule has 0 spiro atoms. The minimum Gasteiger partial charge on any atom is -0.422 e. The van der Waals surface area contributed by atoms with Gasteiger partial charge in [0.15, 0.2) is 10.8 Å². The largest absolute Gasteiger partial charge is 0.422 e. The highest BCUT2D eigenvalue weighted by Crippen LogP contribution is 2.29. The van der Waals surface area contributed by atoms with Crippen molar-refractivity contribution in [1.82, 2.24) is 9.88 Å². The highest BCUT2D eigenvalue weighted by atomic mass is 35.5. The summed E-state index contributed by atoms with van der Waals surface area (Å²) in [6, 6.07) is 16.2. The van der Waals surface area contributed by atoms with E-state index in [2.05, 4.69) is 39.1 Å². The van der Waals surface area contributed by atoms with Crippen molar-refractivity contribution in [2.45, 2.75) is 6.42 Å². The van der Waals surface area contributed by atoms with Crippen LogP contribution in [0.5, 0.6) is 0 Å². The molecular formula is C17H14ClN3OS. The Balaban J connectivity index is 1.47. The molecule has 0 N–H and O–H groups in total. The van der Waals surface area contributed by atoms with Crippen LogP contribution < -0.4 is 0 Å². The number of fused-ring (bicyclic) bond motifs is 1. The molecule has 2 aromatic carbocycles. The maximum Gasteiger partial charge on any atom is 0.325 e. The molecule has 0 bridgehead atoms. The molecule has 2 heterocycles. The minimum atomic E-state index is 0.383. The van der Waals surface area contributed by atoms with Crippen LogP contribution in [0.25, 0.3) is 11.1 Å². The van der Waals surface area contributed by atoms with Gasteiger partial charge in [0.25, 0.3) is 0 Å². The van der Waals surface area contributed by atoms with Crippen LogP contribution in [0.2, 0.25) is 5.02 Å². The van der Waals surface area contributed by atoms with Gasteiger partial charge in [0.05, 0.1) is 5.88 Å². The summed E-state index contributed by atoms with van der Waals surface area (Å²) in [5.41, 5.74) is 2.77. The number of hydrogen-bond donors (Lipinski definition) is 0. The summed E-state index contributed by atoms with van der Waals surface area (Å²) in [5, 5.41) is 1.60. The fourth-order valence-corrected chi connectivity index (χ4v) is 3.36. The van der Waals surface area contributed by atoms with Gasteiger partial charge in [-0.05, 0) is 30.2 Å². The number of amidine groups is 1. The van der Waals surface area contributed by atoms with Gasteiger partial charge in [0, 0.05) is 11.6 Å². The van der Waals surface area contributed by atoms with E-state index in [0.29, 0.717) is 16.6 Å². The Kier molecular flexibility index (Phi) is 3.97. The first-order chi connectivity index (χ1) is 11.3. The zero-order chi connectivity index (χ0) is 15.6. The van der Waals surface area contributed by atoms with E-state index in [1.54, 1.807) is 23.9 Å². The number of nitrogens with zero attached hydrogens (tertiary/aromatic N) is 3. The number of benzene rings is 2. The second-order valence-corrected chi connectivity index (χ2v) is 6.62. The first-order valence-electron chi connectivity index (χ1n) is 7.34. The van der Waals surface area contributed by atoms with Gasteiger partial charge in [-0.15, -0.1) is 0 Å². The topological polar surface area (TPSA) is 41.6 Å². The van der Waals surface area contributed by atoms with Crippen molar-refractivity contribution < 1.29 is 4.42 Å². The summed E-state index contributed by atoms with van der Waals surface area (Å²) in [7, 11) is 0. The van der Waals surface area contributed by atoms with Gasteiger partial charge < -0.3 is 9.32 Å². The van der Waals surface area contributed by atoms with Crippen LogP contribution >= 0.6 is 23.4 Å². The standard InChI is InChI=1S/C17H14ClN3OS/c18-13-6-7-15-14(10-13)19-16(22-15)20-17-21(11-23-17)9-8-12-4-2-1-3-5-12/h1-7,10H,8-9,11H2/b20-17-. The molecule has 0 aliphatic carbocycles. The zero-order valence-electron chi connectivity index (χ0n) is 12.3. The molecular weight excluding hydrogens is 330 g/mol. The van der Waals surface area contributed by atoms with Gasteiger partial charge in [0.2, 0.25) is 0 Å². The van der Waals surface area contributed by atoms with E-state index in [9.17, 15) is 0 Å². The van der Waals surface area contributed by atoms with Crippen molar-refractivity contribution in [2.24, 2.45) is 4.99 Å². The summed E-state index contributed by atoms with van der Waals surface area (Å²) in [4.78, 5) is 11.1. The maximum absolute atomic E-state index is 5.96. The van der Waals surface area contributed by atoms with E-state index < -0.39 is 0 Å². The monoisotopic (exact) mass is 343 g/mol. The zero-order valence-corrected chi connectivity index (χ0v) is 13.8. The number of thioether (sulfide) groups is 1. The fraction of sp³-hybridized carbons (Fsp3) is 0.176. The van der Waals surface area contributed by atoms with Crippen molar-refractivity contribution in [2.75, 3.05) is 12.4 Å². The Morgan fingerprint density at radius 3 is 2.87 bits per heavy atom. The molecule has 4 nitrogen and oxygen atoms in total. The Morgan fingerprint density at radius 2 is 2.09 bits per heavy atom. The highest BCUT2D eigenvalue weighted by Gasteiger charge is 2.23. The molecule has 4 rings (SSSR count). The molecule has 0 saturated carbocycles. The van der Waals surface area contributed by atoms with Gasteiger partial charge in [-0.2, -0.15) is 9.98 Å². The molecule has 3 aromatic rings. The number of halogens is 1. The molecule has 0 radical (unpaired) electrons. The molecule has 6 heteroatoms. The number of rotatable bonds is 4.